The van der Waals surface area contributed by atoms with Crippen molar-refractivity contribution in [2.24, 2.45) is 10.9 Å². The highest BCUT2D eigenvalue weighted by atomic mass is 32.2. The summed E-state index contributed by atoms with van der Waals surface area (Å²) in [4.78, 5) is 29.8. The largest absolute Gasteiger partial charge is 0.477 e. The molecule has 10 heteroatoms. The van der Waals surface area contributed by atoms with Gasteiger partial charge in [0.05, 0.1) is 12.0 Å². The summed E-state index contributed by atoms with van der Waals surface area (Å²) in [6.07, 6.45) is 0.938. The zero-order valence-corrected chi connectivity index (χ0v) is 14.4. The molecule has 1 fully saturated rings. The van der Waals surface area contributed by atoms with E-state index in [4.69, 9.17) is 0 Å². The van der Waals surface area contributed by atoms with Gasteiger partial charge in [-0.2, -0.15) is 5.01 Å². The number of carboxylic acids is 1. The number of hydrogen-bond donors (Lipinski definition) is 2. The van der Waals surface area contributed by atoms with Crippen LogP contribution < -0.4 is 0 Å². The minimum Gasteiger partial charge on any atom is -0.477 e. The molecule has 0 aliphatic carbocycles. The number of amides is 1. The molecule has 3 atom stereocenters. The molecule has 0 aromatic heterocycles. The highest BCUT2D eigenvalue weighted by molar-refractivity contribution is 8.06. The summed E-state index contributed by atoms with van der Waals surface area (Å²) < 4.78 is 1.89. The van der Waals surface area contributed by atoms with Crippen molar-refractivity contribution in [1.29, 1.82) is 0 Å². The van der Waals surface area contributed by atoms with Crippen molar-refractivity contribution in [2.45, 2.75) is 25.3 Å². The Hall–Kier alpha value is -1.23. The molecule has 126 valence electrons. The van der Waals surface area contributed by atoms with Gasteiger partial charge in [-0.1, -0.05) is 6.92 Å². The predicted molar refractivity (Wildman–Crippen MR) is 88.1 cm³/mol. The number of β-lactam (4-membered cyclic amide) rings is 1. The molecule has 23 heavy (non-hydrogen) atoms. The third kappa shape index (κ3) is 2.73. The Balaban J connectivity index is 1.72. The van der Waals surface area contributed by atoms with Gasteiger partial charge in [0.25, 0.3) is 0 Å². The summed E-state index contributed by atoms with van der Waals surface area (Å²) in [6, 6.07) is 0. The molecule has 3 heterocycles. The molecule has 3 aliphatic heterocycles. The van der Waals surface area contributed by atoms with E-state index in [2.05, 4.69) is 4.99 Å². The first-order chi connectivity index (χ1) is 11.0. The van der Waals surface area contributed by atoms with Crippen LogP contribution in [0.2, 0.25) is 0 Å². The van der Waals surface area contributed by atoms with Crippen LogP contribution in [0.4, 0.5) is 0 Å². The zero-order chi connectivity index (χ0) is 16.7. The van der Waals surface area contributed by atoms with Crippen LogP contribution in [0.3, 0.4) is 0 Å². The van der Waals surface area contributed by atoms with Crippen LogP contribution in [0.5, 0.6) is 0 Å². The number of hydrogen-bond acceptors (Lipinski definition) is 8. The first-order valence-corrected chi connectivity index (χ1v) is 9.09. The first kappa shape index (κ1) is 16.6. The second-order valence-electron chi connectivity index (χ2n) is 5.40. The summed E-state index contributed by atoms with van der Waals surface area (Å²) in [5.41, 5.74) is 0.0496. The van der Waals surface area contributed by atoms with Gasteiger partial charge in [-0.05, 0) is 18.9 Å². The van der Waals surface area contributed by atoms with E-state index >= 15 is 0 Å². The van der Waals surface area contributed by atoms with Gasteiger partial charge in [0, 0.05) is 17.2 Å². The minimum absolute atomic E-state index is 0.0496. The number of fused-ring (bicyclic) bond motifs is 1. The van der Waals surface area contributed by atoms with Crippen molar-refractivity contribution >= 4 is 41.9 Å². The molecule has 3 aliphatic rings. The summed E-state index contributed by atoms with van der Waals surface area (Å²) in [5, 5.41) is 20.9. The van der Waals surface area contributed by atoms with Crippen molar-refractivity contribution in [1.82, 2.24) is 14.3 Å². The van der Waals surface area contributed by atoms with Gasteiger partial charge >= 0.3 is 5.97 Å². The zero-order valence-electron chi connectivity index (χ0n) is 12.7. The highest BCUT2D eigenvalue weighted by Gasteiger charge is 2.57. The van der Waals surface area contributed by atoms with Crippen molar-refractivity contribution in [2.75, 3.05) is 19.0 Å². The van der Waals surface area contributed by atoms with Crippen LogP contribution >= 0.6 is 23.7 Å². The van der Waals surface area contributed by atoms with E-state index in [-0.39, 0.29) is 17.0 Å². The molecule has 8 nitrogen and oxygen atoms in total. The Labute approximate surface area is 142 Å². The fraction of sp³-hybridized carbons (Fsp3) is 0.615. The van der Waals surface area contributed by atoms with E-state index < -0.39 is 18.0 Å². The number of carbonyl (C=O) groups is 2. The van der Waals surface area contributed by atoms with E-state index in [0.29, 0.717) is 17.3 Å². The molecule has 0 radical (unpaired) electrons. The Morgan fingerprint density at radius 2 is 2.35 bits per heavy atom. The Morgan fingerprint density at radius 1 is 1.61 bits per heavy atom. The molecule has 0 aromatic rings. The SMILES string of the molecule is CCN1CN=CN1SCC1=C(C(=O)O)N2C(=O)[C@H]([C@@H](C)O)[C@H]2S1. The lowest BCUT2D eigenvalue weighted by atomic mass is 9.92. The number of aliphatic imine (C=N–C) groups is 1. The van der Waals surface area contributed by atoms with Crippen molar-refractivity contribution in [3.8, 4) is 0 Å². The van der Waals surface area contributed by atoms with Gasteiger partial charge in [0.1, 0.15) is 24.1 Å². The van der Waals surface area contributed by atoms with E-state index in [0.717, 1.165) is 6.54 Å². The molecule has 0 aromatic carbocycles. The Morgan fingerprint density at radius 3 is 2.96 bits per heavy atom. The second kappa shape index (κ2) is 6.34. The van der Waals surface area contributed by atoms with E-state index in [1.165, 1.54) is 28.6 Å². The number of rotatable bonds is 6. The number of aliphatic carboxylic acids is 1. The Bertz CT molecular complexity index is 595. The smallest absolute Gasteiger partial charge is 0.353 e. The maximum absolute atomic E-state index is 12.1. The normalized spacial score (nSPS) is 28.4. The van der Waals surface area contributed by atoms with Crippen LogP contribution in [0.15, 0.2) is 15.6 Å². The van der Waals surface area contributed by atoms with E-state index in [1.54, 1.807) is 13.3 Å². The van der Waals surface area contributed by atoms with Gasteiger partial charge in [0.2, 0.25) is 5.91 Å². The fourth-order valence-corrected chi connectivity index (χ4v) is 5.44. The van der Waals surface area contributed by atoms with Crippen LogP contribution in [-0.2, 0) is 9.59 Å². The lowest BCUT2D eigenvalue weighted by molar-refractivity contribution is -0.156. The second-order valence-corrected chi connectivity index (χ2v) is 7.53. The van der Waals surface area contributed by atoms with Crippen molar-refractivity contribution in [3.63, 3.8) is 0 Å². The number of carboxylic acid groups (broad SMARTS) is 1. The number of aliphatic hydroxyl groups excluding tert-OH is 1. The molecular weight excluding hydrogens is 340 g/mol. The number of thioether (sulfide) groups is 1. The van der Waals surface area contributed by atoms with E-state index in [1.807, 2.05) is 16.3 Å². The number of nitrogens with zero attached hydrogens (tertiary/aromatic N) is 4. The molecule has 0 saturated carbocycles. The molecule has 1 saturated heterocycles. The molecule has 0 spiro atoms. The molecular formula is C13H18N4O4S2. The molecule has 2 N–H and O–H groups in total. The van der Waals surface area contributed by atoms with Crippen LogP contribution in [-0.4, -0.2) is 73.2 Å². The lowest BCUT2D eigenvalue weighted by Gasteiger charge is -2.43. The first-order valence-electron chi connectivity index (χ1n) is 7.26. The summed E-state index contributed by atoms with van der Waals surface area (Å²) in [5.74, 6) is -1.50. The minimum atomic E-state index is -1.10. The summed E-state index contributed by atoms with van der Waals surface area (Å²) in [6.45, 7) is 4.99. The highest BCUT2D eigenvalue weighted by Crippen LogP contribution is 2.51. The topological polar surface area (TPSA) is 96.7 Å². The third-order valence-electron chi connectivity index (χ3n) is 3.97. The lowest BCUT2D eigenvalue weighted by Crippen LogP contribution is -2.60. The van der Waals surface area contributed by atoms with Crippen molar-refractivity contribution in [3.05, 3.63) is 10.6 Å². The maximum atomic E-state index is 12.1. The molecule has 1 amide bonds. The van der Waals surface area contributed by atoms with Gasteiger partial charge in [-0.3, -0.25) is 14.7 Å². The predicted octanol–water partition coefficient (Wildman–Crippen LogP) is 0.381. The Kier molecular flexibility index (Phi) is 4.59. The van der Waals surface area contributed by atoms with Gasteiger partial charge in [-0.25, -0.2) is 9.21 Å². The maximum Gasteiger partial charge on any atom is 0.353 e. The summed E-state index contributed by atoms with van der Waals surface area (Å²) >= 11 is 2.81. The number of hydrazine groups is 1. The number of carbonyl (C=O) groups excluding carboxylic acids is 1. The molecule has 0 bridgehead atoms. The number of aliphatic hydroxyl groups is 1. The molecule has 0 unspecified atom stereocenters. The van der Waals surface area contributed by atoms with Crippen molar-refractivity contribution < 1.29 is 19.8 Å². The quantitative estimate of drug-likeness (QED) is 0.520. The van der Waals surface area contributed by atoms with Gasteiger partial charge in [-0.15, -0.1) is 11.8 Å². The van der Waals surface area contributed by atoms with E-state index in [9.17, 15) is 19.8 Å². The van der Waals surface area contributed by atoms with Crippen LogP contribution in [0.25, 0.3) is 0 Å². The standard InChI is InChI=1S/C13H18N4O4S2/c1-3-15-5-14-6-16(15)22-4-8-10(13(20)21)17-11(19)9(7(2)18)12(17)23-8/h6-7,9,12,18H,3-5H2,1-2H3,(H,20,21)/t7-,9+,12-/m1/s1. The third-order valence-corrected chi connectivity index (χ3v) is 6.53. The van der Waals surface area contributed by atoms with Crippen LogP contribution in [0, 0.1) is 5.92 Å². The fourth-order valence-electron chi connectivity index (χ4n) is 2.77. The van der Waals surface area contributed by atoms with Gasteiger partial charge in [0.15, 0.2) is 0 Å². The average Bonchev–Trinajstić information content (AvgIpc) is 3.06. The average molecular weight is 358 g/mol. The van der Waals surface area contributed by atoms with Crippen LogP contribution in [0.1, 0.15) is 13.8 Å². The molecule has 3 rings (SSSR count). The van der Waals surface area contributed by atoms with Gasteiger partial charge < -0.3 is 10.2 Å². The summed E-state index contributed by atoms with van der Waals surface area (Å²) in [7, 11) is 0. The monoisotopic (exact) mass is 358 g/mol.